The molecule has 0 heterocycles. The monoisotopic (exact) mass is 259 g/mol. The highest BCUT2D eigenvalue weighted by Crippen LogP contribution is 2.23. The maximum atomic E-state index is 13.2. The van der Waals surface area contributed by atoms with Crippen molar-refractivity contribution in [3.8, 4) is 11.8 Å². The first-order chi connectivity index (χ1) is 6.65. The quantitative estimate of drug-likeness (QED) is 0.805. The molecule has 1 N–H and O–H groups in total. The third-order valence-electron chi connectivity index (χ3n) is 1.54. The summed E-state index contributed by atoms with van der Waals surface area (Å²) in [5.74, 6) is 4.02. The van der Waals surface area contributed by atoms with Crippen LogP contribution in [0.3, 0.4) is 0 Å². The fraction of sp³-hybridized carbons (Fsp3) is 0.200. The van der Waals surface area contributed by atoms with E-state index in [0.29, 0.717) is 4.47 Å². The molecule has 14 heavy (non-hydrogen) atoms. The summed E-state index contributed by atoms with van der Waals surface area (Å²) in [5.41, 5.74) is -0.143. The minimum atomic E-state index is -0.630. The molecule has 0 aromatic heterocycles. The molecule has 1 rings (SSSR count). The van der Waals surface area contributed by atoms with Crippen molar-refractivity contribution in [3.05, 3.63) is 28.2 Å². The van der Waals surface area contributed by atoms with Gasteiger partial charge in [-0.1, -0.05) is 21.9 Å². The molecule has 1 aromatic carbocycles. The lowest BCUT2D eigenvalue weighted by Crippen LogP contribution is -2.03. The van der Waals surface area contributed by atoms with Gasteiger partial charge in [0.2, 0.25) is 0 Å². The van der Waals surface area contributed by atoms with Gasteiger partial charge in [0.05, 0.1) is 6.54 Å². The van der Waals surface area contributed by atoms with Gasteiger partial charge in [-0.25, -0.2) is 8.78 Å². The molecule has 0 aliphatic carbocycles. The van der Waals surface area contributed by atoms with Crippen molar-refractivity contribution >= 4 is 21.6 Å². The summed E-state index contributed by atoms with van der Waals surface area (Å²) in [4.78, 5) is 0. The number of nitrogens with one attached hydrogen (secondary N) is 1. The van der Waals surface area contributed by atoms with E-state index in [4.69, 9.17) is 0 Å². The van der Waals surface area contributed by atoms with Crippen molar-refractivity contribution in [1.29, 1.82) is 0 Å². The van der Waals surface area contributed by atoms with Crippen LogP contribution in [0.2, 0.25) is 0 Å². The smallest absolute Gasteiger partial charge is 0.150 e. The summed E-state index contributed by atoms with van der Waals surface area (Å²) in [6.07, 6.45) is 0. The van der Waals surface area contributed by atoms with E-state index in [-0.39, 0.29) is 12.2 Å². The van der Waals surface area contributed by atoms with Gasteiger partial charge >= 0.3 is 0 Å². The Morgan fingerprint density at radius 1 is 1.36 bits per heavy atom. The maximum absolute atomic E-state index is 13.2. The second-order valence-electron chi connectivity index (χ2n) is 2.52. The molecule has 0 saturated heterocycles. The van der Waals surface area contributed by atoms with Crippen molar-refractivity contribution < 1.29 is 8.78 Å². The molecule has 0 aliphatic heterocycles. The van der Waals surface area contributed by atoms with Gasteiger partial charge in [0.15, 0.2) is 0 Å². The third-order valence-corrected chi connectivity index (χ3v) is 2.00. The minimum absolute atomic E-state index is 0.143. The van der Waals surface area contributed by atoms with Gasteiger partial charge < -0.3 is 5.32 Å². The highest BCUT2D eigenvalue weighted by atomic mass is 79.9. The first-order valence-corrected chi connectivity index (χ1v) is 4.72. The van der Waals surface area contributed by atoms with Gasteiger partial charge in [-0.05, 0) is 19.1 Å². The second kappa shape index (κ2) is 4.97. The molecule has 0 unspecified atom stereocenters. The predicted octanol–water partition coefficient (Wildman–Crippen LogP) is 3.16. The number of hydrogen-bond acceptors (Lipinski definition) is 1. The first kappa shape index (κ1) is 11.0. The summed E-state index contributed by atoms with van der Waals surface area (Å²) in [7, 11) is 0. The molecular weight excluding hydrogens is 252 g/mol. The van der Waals surface area contributed by atoms with Crippen LogP contribution in [0.15, 0.2) is 16.6 Å². The van der Waals surface area contributed by atoms with Crippen LogP contribution < -0.4 is 5.32 Å². The van der Waals surface area contributed by atoms with Crippen molar-refractivity contribution in [3.63, 3.8) is 0 Å². The molecule has 0 aliphatic rings. The number of benzene rings is 1. The van der Waals surface area contributed by atoms with E-state index in [9.17, 15) is 8.78 Å². The van der Waals surface area contributed by atoms with E-state index in [1.54, 1.807) is 6.92 Å². The van der Waals surface area contributed by atoms with E-state index in [2.05, 4.69) is 33.1 Å². The first-order valence-electron chi connectivity index (χ1n) is 3.93. The van der Waals surface area contributed by atoms with Crippen LogP contribution in [-0.2, 0) is 0 Å². The second-order valence-corrected chi connectivity index (χ2v) is 3.44. The Labute approximate surface area is 89.6 Å². The van der Waals surface area contributed by atoms with Gasteiger partial charge in [0.25, 0.3) is 0 Å². The molecule has 74 valence electrons. The van der Waals surface area contributed by atoms with E-state index in [0.717, 1.165) is 0 Å². The number of anilines is 1. The number of halogens is 3. The Morgan fingerprint density at radius 2 is 1.93 bits per heavy atom. The summed E-state index contributed by atoms with van der Waals surface area (Å²) in [6.45, 7) is 1.89. The van der Waals surface area contributed by atoms with Crippen LogP contribution in [0, 0.1) is 23.5 Å². The summed E-state index contributed by atoms with van der Waals surface area (Å²) in [5, 5.41) is 2.56. The zero-order valence-electron chi connectivity index (χ0n) is 7.50. The van der Waals surface area contributed by atoms with Crippen molar-refractivity contribution in [2.45, 2.75) is 6.92 Å². The van der Waals surface area contributed by atoms with E-state index >= 15 is 0 Å². The standard InChI is InChI=1S/C10H8BrF2N/c1-2-3-4-14-10-8(12)5-7(11)6-9(10)13/h5-6,14H,4H2,1H3. The molecule has 0 amide bonds. The molecule has 0 atom stereocenters. The van der Waals surface area contributed by atoms with Crippen LogP contribution in [0.1, 0.15) is 6.92 Å². The molecule has 4 heteroatoms. The molecule has 0 fully saturated rings. The molecule has 1 aromatic rings. The van der Waals surface area contributed by atoms with Gasteiger partial charge in [0, 0.05) is 4.47 Å². The van der Waals surface area contributed by atoms with Crippen molar-refractivity contribution in [1.82, 2.24) is 0 Å². The number of rotatable bonds is 2. The van der Waals surface area contributed by atoms with Gasteiger partial charge in [0.1, 0.15) is 17.3 Å². The van der Waals surface area contributed by atoms with E-state index in [1.165, 1.54) is 12.1 Å². The molecule has 1 nitrogen and oxygen atoms in total. The number of hydrogen-bond donors (Lipinski definition) is 1. The van der Waals surface area contributed by atoms with Gasteiger partial charge in [-0.2, -0.15) is 0 Å². The lowest BCUT2D eigenvalue weighted by molar-refractivity contribution is 0.588. The normalized spacial score (nSPS) is 9.14. The average molecular weight is 260 g/mol. The SMILES string of the molecule is CC#CCNc1c(F)cc(Br)cc1F. The van der Waals surface area contributed by atoms with Crippen molar-refractivity contribution in [2.24, 2.45) is 0 Å². The Hall–Kier alpha value is -1.08. The third kappa shape index (κ3) is 2.71. The van der Waals surface area contributed by atoms with Gasteiger partial charge in [-0.3, -0.25) is 0 Å². The predicted molar refractivity (Wildman–Crippen MR) is 56.0 cm³/mol. The van der Waals surface area contributed by atoms with Crippen LogP contribution in [-0.4, -0.2) is 6.54 Å². The molecule has 0 saturated carbocycles. The summed E-state index contributed by atoms with van der Waals surface area (Å²) < 4.78 is 26.7. The molecule has 0 bridgehead atoms. The largest absolute Gasteiger partial charge is 0.369 e. The Morgan fingerprint density at radius 3 is 2.43 bits per heavy atom. The fourth-order valence-corrected chi connectivity index (χ4v) is 1.33. The highest BCUT2D eigenvalue weighted by molar-refractivity contribution is 9.10. The molecule has 0 spiro atoms. The van der Waals surface area contributed by atoms with Crippen LogP contribution in [0.4, 0.5) is 14.5 Å². The van der Waals surface area contributed by atoms with Crippen LogP contribution >= 0.6 is 15.9 Å². The average Bonchev–Trinajstić information content (AvgIpc) is 2.09. The lowest BCUT2D eigenvalue weighted by Gasteiger charge is -2.05. The highest BCUT2D eigenvalue weighted by Gasteiger charge is 2.08. The van der Waals surface area contributed by atoms with Crippen LogP contribution in [0.25, 0.3) is 0 Å². The molecular formula is C10H8BrF2N. The fourth-order valence-electron chi connectivity index (χ4n) is 0.932. The van der Waals surface area contributed by atoms with E-state index in [1.807, 2.05) is 0 Å². The molecule has 0 radical (unpaired) electrons. The summed E-state index contributed by atoms with van der Waals surface area (Å²) in [6, 6.07) is 2.40. The maximum Gasteiger partial charge on any atom is 0.150 e. The zero-order chi connectivity index (χ0) is 10.6. The lowest BCUT2D eigenvalue weighted by atomic mass is 10.3. The zero-order valence-corrected chi connectivity index (χ0v) is 9.08. The Bertz CT molecular complexity index is 370. The summed E-state index contributed by atoms with van der Waals surface area (Å²) >= 11 is 2.99. The topological polar surface area (TPSA) is 12.0 Å². The van der Waals surface area contributed by atoms with E-state index < -0.39 is 11.6 Å². The minimum Gasteiger partial charge on any atom is -0.369 e. The van der Waals surface area contributed by atoms with Crippen LogP contribution in [0.5, 0.6) is 0 Å². The van der Waals surface area contributed by atoms with Gasteiger partial charge in [-0.15, -0.1) is 5.92 Å². The Kier molecular flexibility index (Phi) is 3.90. The van der Waals surface area contributed by atoms with Crippen molar-refractivity contribution in [2.75, 3.05) is 11.9 Å². The Balaban J connectivity index is 2.89.